The zero-order chi connectivity index (χ0) is 11.4. The van der Waals surface area contributed by atoms with Crippen molar-refractivity contribution < 1.29 is 4.79 Å². The summed E-state index contributed by atoms with van der Waals surface area (Å²) in [7, 11) is 0. The standard InChI is InChI=1S/C11H13Cl2NO/c1-7(6-14)4-11(15)9-5-8(12)2-3-10(9)13/h2-3,5,7H,4,6,14H2,1H3. The molecule has 15 heavy (non-hydrogen) atoms. The number of benzene rings is 1. The van der Waals surface area contributed by atoms with Crippen molar-refractivity contribution in [1.82, 2.24) is 0 Å². The molecule has 0 aliphatic carbocycles. The third-order valence-electron chi connectivity index (χ3n) is 2.17. The van der Waals surface area contributed by atoms with Crippen LogP contribution in [-0.2, 0) is 0 Å². The smallest absolute Gasteiger partial charge is 0.164 e. The molecule has 1 rings (SSSR count). The molecule has 0 bridgehead atoms. The van der Waals surface area contributed by atoms with Gasteiger partial charge >= 0.3 is 0 Å². The number of halogens is 2. The van der Waals surface area contributed by atoms with Crippen molar-refractivity contribution in [2.75, 3.05) is 6.54 Å². The van der Waals surface area contributed by atoms with Gasteiger partial charge < -0.3 is 5.73 Å². The molecule has 0 amide bonds. The van der Waals surface area contributed by atoms with Gasteiger partial charge in [-0.15, -0.1) is 0 Å². The molecule has 1 aromatic carbocycles. The van der Waals surface area contributed by atoms with Gasteiger partial charge in [0.15, 0.2) is 5.78 Å². The lowest BCUT2D eigenvalue weighted by Gasteiger charge is -2.08. The first kappa shape index (κ1) is 12.5. The van der Waals surface area contributed by atoms with Gasteiger partial charge in [0.05, 0.1) is 5.02 Å². The molecule has 0 aromatic heterocycles. The molecule has 0 saturated carbocycles. The summed E-state index contributed by atoms with van der Waals surface area (Å²) in [4.78, 5) is 11.8. The van der Waals surface area contributed by atoms with Crippen molar-refractivity contribution in [3.8, 4) is 0 Å². The van der Waals surface area contributed by atoms with Crippen molar-refractivity contribution in [2.45, 2.75) is 13.3 Å². The Balaban J connectivity index is 2.86. The first-order valence-electron chi connectivity index (χ1n) is 4.73. The molecule has 0 aliphatic rings. The van der Waals surface area contributed by atoms with E-state index in [2.05, 4.69) is 0 Å². The monoisotopic (exact) mass is 245 g/mol. The molecule has 4 heteroatoms. The van der Waals surface area contributed by atoms with Gasteiger partial charge in [-0.05, 0) is 30.7 Å². The zero-order valence-electron chi connectivity index (χ0n) is 8.47. The van der Waals surface area contributed by atoms with E-state index in [-0.39, 0.29) is 11.7 Å². The Bertz CT molecular complexity index is 366. The highest BCUT2D eigenvalue weighted by molar-refractivity contribution is 6.35. The second-order valence-electron chi connectivity index (χ2n) is 3.59. The van der Waals surface area contributed by atoms with Crippen LogP contribution >= 0.6 is 23.2 Å². The summed E-state index contributed by atoms with van der Waals surface area (Å²) < 4.78 is 0. The van der Waals surface area contributed by atoms with Gasteiger partial charge in [0.1, 0.15) is 0 Å². The van der Waals surface area contributed by atoms with E-state index in [1.54, 1.807) is 18.2 Å². The van der Waals surface area contributed by atoms with Crippen LogP contribution in [0.15, 0.2) is 18.2 Å². The highest BCUT2D eigenvalue weighted by atomic mass is 35.5. The van der Waals surface area contributed by atoms with E-state index in [0.29, 0.717) is 28.6 Å². The van der Waals surface area contributed by atoms with Crippen LogP contribution in [0.3, 0.4) is 0 Å². The molecule has 0 radical (unpaired) electrons. The number of Topliss-reactive ketones (excluding diaryl/α,β-unsaturated/α-hetero) is 1. The van der Waals surface area contributed by atoms with Gasteiger partial charge in [0, 0.05) is 17.0 Å². The highest BCUT2D eigenvalue weighted by Crippen LogP contribution is 2.22. The Kier molecular flexibility index (Phi) is 4.58. The zero-order valence-corrected chi connectivity index (χ0v) is 9.98. The minimum Gasteiger partial charge on any atom is -0.330 e. The van der Waals surface area contributed by atoms with E-state index < -0.39 is 0 Å². The topological polar surface area (TPSA) is 43.1 Å². The fourth-order valence-electron chi connectivity index (χ4n) is 1.22. The largest absolute Gasteiger partial charge is 0.330 e. The molecule has 1 aromatic rings. The average Bonchev–Trinajstić information content (AvgIpc) is 2.21. The van der Waals surface area contributed by atoms with E-state index in [4.69, 9.17) is 28.9 Å². The lowest BCUT2D eigenvalue weighted by atomic mass is 10.00. The molecule has 1 unspecified atom stereocenters. The van der Waals surface area contributed by atoms with Crippen LogP contribution in [0.25, 0.3) is 0 Å². The number of nitrogens with two attached hydrogens (primary N) is 1. The highest BCUT2D eigenvalue weighted by Gasteiger charge is 2.13. The van der Waals surface area contributed by atoms with Gasteiger partial charge in [-0.3, -0.25) is 4.79 Å². The molecule has 0 spiro atoms. The molecule has 2 N–H and O–H groups in total. The predicted molar refractivity (Wildman–Crippen MR) is 63.6 cm³/mol. The SMILES string of the molecule is CC(CN)CC(=O)c1cc(Cl)ccc1Cl. The maximum atomic E-state index is 11.8. The van der Waals surface area contributed by atoms with Crippen LogP contribution in [-0.4, -0.2) is 12.3 Å². The van der Waals surface area contributed by atoms with Crippen molar-refractivity contribution in [3.05, 3.63) is 33.8 Å². The van der Waals surface area contributed by atoms with Gasteiger partial charge in [0.2, 0.25) is 0 Å². The molecule has 0 fully saturated rings. The van der Waals surface area contributed by atoms with E-state index in [1.165, 1.54) is 0 Å². The third kappa shape index (κ3) is 3.49. The van der Waals surface area contributed by atoms with Crippen LogP contribution in [0.5, 0.6) is 0 Å². The summed E-state index contributed by atoms with van der Waals surface area (Å²) >= 11 is 11.7. The lowest BCUT2D eigenvalue weighted by molar-refractivity contribution is 0.0966. The summed E-state index contributed by atoms with van der Waals surface area (Å²) in [6.45, 7) is 2.42. The number of rotatable bonds is 4. The van der Waals surface area contributed by atoms with Crippen LogP contribution in [0.4, 0.5) is 0 Å². The summed E-state index contributed by atoms with van der Waals surface area (Å²) in [6.07, 6.45) is 0.399. The minimum absolute atomic E-state index is 0.0135. The molecule has 82 valence electrons. The predicted octanol–water partition coefficient (Wildman–Crippen LogP) is 3.16. The number of hydrogen-bond donors (Lipinski definition) is 1. The second-order valence-corrected chi connectivity index (χ2v) is 4.44. The fraction of sp³-hybridized carbons (Fsp3) is 0.364. The minimum atomic E-state index is -0.0135. The summed E-state index contributed by atoms with van der Waals surface area (Å²) in [5.74, 6) is 0.146. The average molecular weight is 246 g/mol. The summed E-state index contributed by atoms with van der Waals surface area (Å²) in [6, 6.07) is 4.88. The van der Waals surface area contributed by atoms with E-state index in [0.717, 1.165) is 0 Å². The van der Waals surface area contributed by atoms with Crippen LogP contribution < -0.4 is 5.73 Å². The number of hydrogen-bond acceptors (Lipinski definition) is 2. The first-order chi connectivity index (χ1) is 7.04. The molecule has 0 heterocycles. The Morgan fingerprint density at radius 1 is 1.47 bits per heavy atom. The van der Waals surface area contributed by atoms with Gasteiger partial charge in [-0.25, -0.2) is 0 Å². The molecule has 0 aliphatic heterocycles. The normalized spacial score (nSPS) is 12.5. The summed E-state index contributed by atoms with van der Waals surface area (Å²) in [5.41, 5.74) is 5.93. The maximum Gasteiger partial charge on any atom is 0.164 e. The quantitative estimate of drug-likeness (QED) is 0.829. The number of carbonyl (C=O) groups is 1. The number of ketones is 1. The molecule has 0 saturated heterocycles. The maximum absolute atomic E-state index is 11.8. The fourth-order valence-corrected chi connectivity index (χ4v) is 1.62. The van der Waals surface area contributed by atoms with Crippen molar-refractivity contribution in [3.63, 3.8) is 0 Å². The van der Waals surface area contributed by atoms with Crippen molar-refractivity contribution in [1.29, 1.82) is 0 Å². The van der Waals surface area contributed by atoms with Gasteiger partial charge in [-0.1, -0.05) is 30.1 Å². The Hall–Kier alpha value is -0.570. The van der Waals surface area contributed by atoms with Crippen molar-refractivity contribution in [2.24, 2.45) is 11.7 Å². The van der Waals surface area contributed by atoms with E-state index >= 15 is 0 Å². The van der Waals surface area contributed by atoms with Gasteiger partial charge in [0.25, 0.3) is 0 Å². The Labute approximate surface area is 99.4 Å². The number of carbonyl (C=O) groups excluding carboxylic acids is 1. The molecular weight excluding hydrogens is 233 g/mol. The van der Waals surface area contributed by atoms with Crippen LogP contribution in [0, 0.1) is 5.92 Å². The second kappa shape index (κ2) is 5.50. The van der Waals surface area contributed by atoms with Gasteiger partial charge in [-0.2, -0.15) is 0 Å². The third-order valence-corrected chi connectivity index (χ3v) is 2.73. The summed E-state index contributed by atoms with van der Waals surface area (Å²) in [5, 5.41) is 0.955. The molecular formula is C11H13Cl2NO. The Morgan fingerprint density at radius 2 is 2.13 bits per heavy atom. The van der Waals surface area contributed by atoms with E-state index in [9.17, 15) is 4.79 Å². The molecule has 2 nitrogen and oxygen atoms in total. The Morgan fingerprint density at radius 3 is 2.73 bits per heavy atom. The van der Waals surface area contributed by atoms with E-state index in [1.807, 2.05) is 6.92 Å². The van der Waals surface area contributed by atoms with Crippen LogP contribution in [0.2, 0.25) is 10.0 Å². The molecule has 1 atom stereocenters. The lowest BCUT2D eigenvalue weighted by Crippen LogP contribution is -2.15. The van der Waals surface area contributed by atoms with Crippen LogP contribution in [0.1, 0.15) is 23.7 Å². The first-order valence-corrected chi connectivity index (χ1v) is 5.48. The van der Waals surface area contributed by atoms with Crippen molar-refractivity contribution >= 4 is 29.0 Å².